The van der Waals surface area contributed by atoms with E-state index in [2.05, 4.69) is 59.4 Å². The largest absolute Gasteiger partial charge is 0.369 e. The summed E-state index contributed by atoms with van der Waals surface area (Å²) in [5.74, 6) is 0. The van der Waals surface area contributed by atoms with Crippen molar-refractivity contribution in [2.24, 2.45) is 0 Å². The van der Waals surface area contributed by atoms with Crippen LogP contribution in [0.2, 0.25) is 0 Å². The quantitative estimate of drug-likeness (QED) is 0.634. The molecule has 30 heavy (non-hydrogen) atoms. The molecule has 3 aromatic rings. The number of morpholine rings is 1. The summed E-state index contributed by atoms with van der Waals surface area (Å²) >= 11 is 1.67. The third-order valence-electron chi connectivity index (χ3n) is 5.50. The van der Waals surface area contributed by atoms with Crippen molar-refractivity contribution >= 4 is 22.2 Å². The molecule has 0 amide bonds. The van der Waals surface area contributed by atoms with Crippen LogP contribution >= 0.6 is 11.3 Å². The number of thiazole rings is 1. The summed E-state index contributed by atoms with van der Waals surface area (Å²) in [6.45, 7) is 14.6. The van der Waals surface area contributed by atoms with Crippen LogP contribution in [0.5, 0.6) is 0 Å². The second-order valence-electron chi connectivity index (χ2n) is 7.90. The zero-order valence-corrected chi connectivity index (χ0v) is 19.2. The number of hydrogen-bond donors (Lipinski definition) is 1. The molecular weight excluding hydrogens is 396 g/mol. The Labute approximate surface area is 182 Å². The molecule has 4 rings (SSSR count). The second kappa shape index (κ2) is 8.83. The van der Waals surface area contributed by atoms with Crippen molar-refractivity contribution in [3.8, 4) is 0 Å². The third kappa shape index (κ3) is 4.71. The van der Waals surface area contributed by atoms with E-state index in [-0.39, 0.29) is 6.10 Å². The van der Waals surface area contributed by atoms with Gasteiger partial charge in [0.05, 0.1) is 23.7 Å². The first-order valence-corrected chi connectivity index (χ1v) is 11.3. The van der Waals surface area contributed by atoms with Gasteiger partial charge in [0, 0.05) is 54.2 Å². The maximum Gasteiger partial charge on any atom is 0.187 e. The standard InChI is InChI=1S/C22H30N6OS/c1-6-28-12-18(16(4)26-28)11-27-7-8-29-21(13-27)20-10-19(9-14(2)23-20)25-22-24-15(3)17(5)30-22/h9-10,12,21H,6-8,11,13H2,1-5H3,(H,23,24,25)/t21-/m0/s1. The fourth-order valence-electron chi connectivity index (χ4n) is 3.72. The Kier molecular flexibility index (Phi) is 6.17. The summed E-state index contributed by atoms with van der Waals surface area (Å²) in [5.41, 5.74) is 6.41. The molecule has 1 aliphatic heterocycles. The summed E-state index contributed by atoms with van der Waals surface area (Å²) < 4.78 is 8.11. The van der Waals surface area contributed by atoms with Gasteiger partial charge in [0.1, 0.15) is 6.10 Å². The lowest BCUT2D eigenvalue weighted by molar-refractivity contribution is -0.0350. The molecular formula is C22H30N6OS. The Morgan fingerprint density at radius 3 is 2.70 bits per heavy atom. The van der Waals surface area contributed by atoms with Gasteiger partial charge in [0.25, 0.3) is 0 Å². The fraction of sp³-hybridized carbons (Fsp3) is 0.500. The zero-order valence-electron chi connectivity index (χ0n) is 18.4. The van der Waals surface area contributed by atoms with E-state index in [1.165, 1.54) is 10.4 Å². The average molecular weight is 427 g/mol. The molecule has 0 aromatic carbocycles. The number of anilines is 2. The van der Waals surface area contributed by atoms with Gasteiger partial charge in [0.2, 0.25) is 0 Å². The Bertz CT molecular complexity index is 1010. The van der Waals surface area contributed by atoms with Gasteiger partial charge in [-0.2, -0.15) is 5.10 Å². The van der Waals surface area contributed by atoms with Gasteiger partial charge in [0.15, 0.2) is 5.13 Å². The second-order valence-corrected chi connectivity index (χ2v) is 9.10. The summed E-state index contributed by atoms with van der Waals surface area (Å²) in [4.78, 5) is 13.0. The van der Waals surface area contributed by atoms with E-state index in [0.29, 0.717) is 6.61 Å². The topological polar surface area (TPSA) is 68.1 Å². The molecule has 4 heterocycles. The molecule has 0 aliphatic carbocycles. The lowest BCUT2D eigenvalue weighted by Gasteiger charge is -2.32. The highest BCUT2D eigenvalue weighted by Gasteiger charge is 2.24. The first kappa shape index (κ1) is 21.0. The van der Waals surface area contributed by atoms with Crippen LogP contribution in [0.15, 0.2) is 18.3 Å². The van der Waals surface area contributed by atoms with Crippen molar-refractivity contribution in [2.75, 3.05) is 25.0 Å². The van der Waals surface area contributed by atoms with Gasteiger partial charge >= 0.3 is 0 Å². The number of pyridine rings is 1. The van der Waals surface area contributed by atoms with Gasteiger partial charge in [-0.05, 0) is 46.8 Å². The highest BCUT2D eigenvalue weighted by atomic mass is 32.1. The predicted molar refractivity (Wildman–Crippen MR) is 120 cm³/mol. The molecule has 3 aromatic heterocycles. The highest BCUT2D eigenvalue weighted by molar-refractivity contribution is 7.15. The Morgan fingerprint density at radius 1 is 1.17 bits per heavy atom. The first-order chi connectivity index (χ1) is 14.4. The molecule has 1 aliphatic rings. The summed E-state index contributed by atoms with van der Waals surface area (Å²) in [6.07, 6.45) is 2.12. The summed E-state index contributed by atoms with van der Waals surface area (Å²) in [7, 11) is 0. The van der Waals surface area contributed by atoms with E-state index in [1.807, 2.05) is 18.5 Å². The zero-order chi connectivity index (χ0) is 21.3. The molecule has 1 fully saturated rings. The molecule has 1 saturated heterocycles. The number of aromatic nitrogens is 4. The van der Waals surface area contributed by atoms with Crippen molar-refractivity contribution in [1.82, 2.24) is 24.6 Å². The molecule has 7 nitrogen and oxygen atoms in total. The van der Waals surface area contributed by atoms with Crippen LogP contribution in [0.25, 0.3) is 0 Å². The number of ether oxygens (including phenoxy) is 1. The number of nitrogens with one attached hydrogen (secondary N) is 1. The first-order valence-electron chi connectivity index (χ1n) is 10.5. The summed E-state index contributed by atoms with van der Waals surface area (Å²) in [5, 5.41) is 8.93. The Morgan fingerprint density at radius 2 is 2.00 bits per heavy atom. The smallest absolute Gasteiger partial charge is 0.187 e. The third-order valence-corrected chi connectivity index (χ3v) is 6.49. The number of nitrogens with zero attached hydrogens (tertiary/aromatic N) is 5. The SMILES string of the molecule is CCn1cc(CN2CCO[C@H](c3cc(Nc4nc(C)c(C)s4)cc(C)n3)C2)c(C)n1. The average Bonchev–Trinajstić information content (AvgIpc) is 3.22. The van der Waals surface area contributed by atoms with Crippen LogP contribution in [0.3, 0.4) is 0 Å². The van der Waals surface area contributed by atoms with Gasteiger partial charge < -0.3 is 10.1 Å². The highest BCUT2D eigenvalue weighted by Crippen LogP contribution is 2.28. The van der Waals surface area contributed by atoms with E-state index >= 15 is 0 Å². The van der Waals surface area contributed by atoms with E-state index < -0.39 is 0 Å². The lowest BCUT2D eigenvalue weighted by atomic mass is 10.1. The van der Waals surface area contributed by atoms with E-state index in [4.69, 9.17) is 9.72 Å². The van der Waals surface area contributed by atoms with Crippen LogP contribution < -0.4 is 5.32 Å². The minimum Gasteiger partial charge on any atom is -0.369 e. The molecule has 160 valence electrons. The molecule has 1 atom stereocenters. The lowest BCUT2D eigenvalue weighted by Crippen LogP contribution is -2.38. The van der Waals surface area contributed by atoms with Gasteiger partial charge in [-0.3, -0.25) is 14.6 Å². The van der Waals surface area contributed by atoms with E-state index in [9.17, 15) is 0 Å². The molecule has 0 unspecified atom stereocenters. The van der Waals surface area contributed by atoms with Crippen molar-refractivity contribution in [2.45, 2.75) is 53.8 Å². The molecule has 0 saturated carbocycles. The van der Waals surface area contributed by atoms with Crippen LogP contribution in [-0.4, -0.2) is 44.3 Å². The maximum atomic E-state index is 6.11. The number of hydrogen-bond acceptors (Lipinski definition) is 7. The van der Waals surface area contributed by atoms with Crippen molar-refractivity contribution in [3.05, 3.63) is 51.5 Å². The fourth-order valence-corrected chi connectivity index (χ4v) is 4.56. The van der Waals surface area contributed by atoms with Gasteiger partial charge in [-0.1, -0.05) is 0 Å². The normalized spacial score (nSPS) is 17.4. The van der Waals surface area contributed by atoms with Crippen LogP contribution in [0, 0.1) is 27.7 Å². The number of aryl methyl sites for hydroxylation is 5. The Hall–Kier alpha value is -2.29. The minimum atomic E-state index is -0.0412. The maximum absolute atomic E-state index is 6.11. The van der Waals surface area contributed by atoms with E-state index in [0.717, 1.165) is 59.8 Å². The van der Waals surface area contributed by atoms with Gasteiger partial charge in [-0.15, -0.1) is 11.3 Å². The molecule has 8 heteroatoms. The predicted octanol–water partition coefficient (Wildman–Crippen LogP) is 4.31. The monoisotopic (exact) mass is 426 g/mol. The van der Waals surface area contributed by atoms with E-state index in [1.54, 1.807) is 11.3 Å². The molecule has 0 radical (unpaired) electrons. The van der Waals surface area contributed by atoms with Crippen LogP contribution in [0.1, 0.15) is 46.2 Å². The number of rotatable bonds is 6. The minimum absolute atomic E-state index is 0.0412. The Balaban J connectivity index is 1.48. The van der Waals surface area contributed by atoms with Crippen molar-refractivity contribution in [3.63, 3.8) is 0 Å². The summed E-state index contributed by atoms with van der Waals surface area (Å²) in [6, 6.07) is 4.15. The molecule has 0 bridgehead atoms. The van der Waals surface area contributed by atoms with Crippen LogP contribution in [0.4, 0.5) is 10.8 Å². The van der Waals surface area contributed by atoms with Crippen molar-refractivity contribution in [1.29, 1.82) is 0 Å². The molecule has 1 N–H and O–H groups in total. The molecule has 0 spiro atoms. The van der Waals surface area contributed by atoms with Crippen LogP contribution in [-0.2, 0) is 17.8 Å². The van der Waals surface area contributed by atoms with Crippen molar-refractivity contribution < 1.29 is 4.74 Å². The van der Waals surface area contributed by atoms with Gasteiger partial charge in [-0.25, -0.2) is 4.98 Å².